The minimum absolute atomic E-state index is 0.131. The van der Waals surface area contributed by atoms with Crippen molar-refractivity contribution in [2.24, 2.45) is 0 Å². The van der Waals surface area contributed by atoms with Gasteiger partial charge in [0.2, 0.25) is 0 Å². The Labute approximate surface area is 120 Å². The maximum atomic E-state index is 11.9. The molecule has 1 heterocycles. The van der Waals surface area contributed by atoms with Gasteiger partial charge in [-0.25, -0.2) is 4.79 Å². The van der Waals surface area contributed by atoms with Crippen LogP contribution in [-0.4, -0.2) is 21.0 Å². The fourth-order valence-corrected chi connectivity index (χ4v) is 3.31. The third-order valence-corrected chi connectivity index (χ3v) is 4.92. The first-order chi connectivity index (χ1) is 9.53. The first-order valence-corrected chi connectivity index (χ1v) is 8.07. The SMILES string of the molecule is CCOC(=O)c1ccc(OS(=O)(=O)c2cccs2)cc1. The number of benzene rings is 1. The van der Waals surface area contributed by atoms with E-state index in [1.54, 1.807) is 18.4 Å². The number of hydrogen-bond acceptors (Lipinski definition) is 6. The van der Waals surface area contributed by atoms with Crippen LogP contribution in [0.2, 0.25) is 0 Å². The summed E-state index contributed by atoms with van der Waals surface area (Å²) < 4.78 is 33.7. The molecule has 0 aliphatic heterocycles. The molecule has 5 nitrogen and oxygen atoms in total. The highest BCUT2D eigenvalue weighted by Gasteiger charge is 2.17. The molecule has 7 heteroatoms. The van der Waals surface area contributed by atoms with Crippen molar-refractivity contribution in [3.05, 3.63) is 47.3 Å². The molecule has 2 aromatic rings. The summed E-state index contributed by atoms with van der Waals surface area (Å²) in [5.41, 5.74) is 0.340. The normalized spacial score (nSPS) is 11.1. The third kappa shape index (κ3) is 3.37. The van der Waals surface area contributed by atoms with E-state index in [0.29, 0.717) is 5.56 Å². The zero-order valence-electron chi connectivity index (χ0n) is 10.6. The van der Waals surface area contributed by atoms with Gasteiger partial charge >= 0.3 is 16.1 Å². The number of rotatable bonds is 5. The lowest BCUT2D eigenvalue weighted by molar-refractivity contribution is 0.0526. The van der Waals surface area contributed by atoms with Crippen LogP contribution in [0.1, 0.15) is 17.3 Å². The van der Waals surface area contributed by atoms with Gasteiger partial charge in [0.1, 0.15) is 5.75 Å². The van der Waals surface area contributed by atoms with Gasteiger partial charge in [0, 0.05) is 0 Å². The van der Waals surface area contributed by atoms with Gasteiger partial charge in [0.25, 0.3) is 0 Å². The zero-order valence-corrected chi connectivity index (χ0v) is 12.2. The van der Waals surface area contributed by atoms with Crippen molar-refractivity contribution in [2.75, 3.05) is 6.61 Å². The second-order valence-corrected chi connectivity index (χ2v) is 6.44. The monoisotopic (exact) mass is 312 g/mol. The average molecular weight is 312 g/mol. The fourth-order valence-electron chi connectivity index (χ4n) is 1.43. The Morgan fingerprint density at radius 3 is 2.45 bits per heavy atom. The molecule has 0 saturated carbocycles. The maximum absolute atomic E-state index is 11.9. The minimum Gasteiger partial charge on any atom is -0.462 e. The molecule has 0 aliphatic rings. The van der Waals surface area contributed by atoms with Crippen LogP contribution in [-0.2, 0) is 14.9 Å². The highest BCUT2D eigenvalue weighted by Crippen LogP contribution is 2.22. The molecule has 0 saturated heterocycles. The third-order valence-electron chi connectivity index (χ3n) is 2.31. The van der Waals surface area contributed by atoms with Crippen molar-refractivity contribution in [2.45, 2.75) is 11.1 Å². The maximum Gasteiger partial charge on any atom is 0.348 e. The molecule has 0 spiro atoms. The van der Waals surface area contributed by atoms with Gasteiger partial charge < -0.3 is 8.92 Å². The Morgan fingerprint density at radius 1 is 1.20 bits per heavy atom. The molecule has 106 valence electrons. The van der Waals surface area contributed by atoms with Crippen LogP contribution < -0.4 is 4.18 Å². The molecule has 0 bridgehead atoms. The summed E-state index contributed by atoms with van der Waals surface area (Å²) in [7, 11) is -3.81. The van der Waals surface area contributed by atoms with E-state index in [4.69, 9.17) is 8.92 Å². The van der Waals surface area contributed by atoms with E-state index in [0.717, 1.165) is 11.3 Å². The van der Waals surface area contributed by atoms with Gasteiger partial charge in [-0.15, -0.1) is 11.3 Å². The van der Waals surface area contributed by atoms with Gasteiger partial charge in [-0.1, -0.05) is 6.07 Å². The van der Waals surface area contributed by atoms with Gasteiger partial charge in [0.05, 0.1) is 12.2 Å². The second-order valence-electron chi connectivity index (χ2n) is 3.71. The summed E-state index contributed by atoms with van der Waals surface area (Å²) in [6.07, 6.45) is 0. The topological polar surface area (TPSA) is 69.7 Å². The van der Waals surface area contributed by atoms with E-state index in [1.165, 1.54) is 30.3 Å². The summed E-state index contributed by atoms with van der Waals surface area (Å²) in [6.45, 7) is 1.99. The number of ether oxygens (including phenoxy) is 1. The standard InChI is InChI=1S/C13H12O5S2/c1-2-17-13(14)10-5-7-11(8-6-10)18-20(15,16)12-4-3-9-19-12/h3-9H,2H2,1H3. The number of carbonyl (C=O) groups is 1. The predicted molar refractivity (Wildman–Crippen MR) is 74.5 cm³/mol. The average Bonchev–Trinajstić information content (AvgIpc) is 2.94. The van der Waals surface area contributed by atoms with E-state index in [-0.39, 0.29) is 16.6 Å². The van der Waals surface area contributed by atoms with Gasteiger partial charge in [-0.2, -0.15) is 8.42 Å². The van der Waals surface area contributed by atoms with Crippen molar-refractivity contribution in [1.82, 2.24) is 0 Å². The number of thiophene rings is 1. The first-order valence-electron chi connectivity index (χ1n) is 5.78. The first kappa shape index (κ1) is 14.5. The number of hydrogen-bond donors (Lipinski definition) is 0. The van der Waals surface area contributed by atoms with Crippen LogP contribution in [0.3, 0.4) is 0 Å². The zero-order chi connectivity index (χ0) is 14.6. The number of esters is 1. The molecule has 1 aromatic heterocycles. The van der Waals surface area contributed by atoms with E-state index in [1.807, 2.05) is 0 Å². The molecule has 0 fully saturated rings. The lowest BCUT2D eigenvalue weighted by atomic mass is 10.2. The van der Waals surface area contributed by atoms with Crippen LogP contribution >= 0.6 is 11.3 Å². The highest BCUT2D eigenvalue weighted by molar-refractivity contribution is 7.89. The van der Waals surface area contributed by atoms with E-state index < -0.39 is 16.1 Å². The molecule has 1 aromatic carbocycles. The van der Waals surface area contributed by atoms with Crippen LogP contribution in [0.25, 0.3) is 0 Å². The second kappa shape index (κ2) is 6.06. The molecule has 0 radical (unpaired) electrons. The van der Waals surface area contributed by atoms with Crippen molar-refractivity contribution in [1.29, 1.82) is 0 Å². The van der Waals surface area contributed by atoms with Gasteiger partial charge in [0.15, 0.2) is 4.21 Å². The molecule has 20 heavy (non-hydrogen) atoms. The molecule has 0 unspecified atom stereocenters. The lowest BCUT2D eigenvalue weighted by Crippen LogP contribution is -2.08. The predicted octanol–water partition coefficient (Wildman–Crippen LogP) is 2.69. The Kier molecular flexibility index (Phi) is 4.41. The van der Waals surface area contributed by atoms with Crippen LogP contribution in [0, 0.1) is 0 Å². The van der Waals surface area contributed by atoms with E-state index >= 15 is 0 Å². The van der Waals surface area contributed by atoms with Crippen molar-refractivity contribution < 1.29 is 22.1 Å². The summed E-state index contributed by atoms with van der Waals surface area (Å²) in [4.78, 5) is 11.4. The Balaban J connectivity index is 2.14. The molecular formula is C13H12O5S2. The largest absolute Gasteiger partial charge is 0.462 e. The van der Waals surface area contributed by atoms with E-state index in [2.05, 4.69) is 0 Å². The van der Waals surface area contributed by atoms with Crippen molar-refractivity contribution >= 4 is 27.4 Å². The van der Waals surface area contributed by atoms with Gasteiger partial charge in [-0.3, -0.25) is 0 Å². The van der Waals surface area contributed by atoms with Crippen LogP contribution in [0.4, 0.5) is 0 Å². The Morgan fingerprint density at radius 2 is 1.90 bits per heavy atom. The summed E-state index contributed by atoms with van der Waals surface area (Å²) in [5.74, 6) is -0.313. The molecule has 0 atom stereocenters. The molecular weight excluding hydrogens is 300 g/mol. The van der Waals surface area contributed by atoms with Gasteiger partial charge in [-0.05, 0) is 42.6 Å². The lowest BCUT2D eigenvalue weighted by Gasteiger charge is -2.06. The minimum atomic E-state index is -3.81. The molecule has 0 aliphatic carbocycles. The Bertz CT molecular complexity index is 672. The van der Waals surface area contributed by atoms with Crippen LogP contribution in [0.5, 0.6) is 5.75 Å². The highest BCUT2D eigenvalue weighted by atomic mass is 32.3. The molecule has 2 rings (SSSR count). The van der Waals surface area contributed by atoms with E-state index in [9.17, 15) is 13.2 Å². The summed E-state index contributed by atoms with van der Waals surface area (Å²) >= 11 is 1.08. The van der Waals surface area contributed by atoms with Crippen molar-refractivity contribution in [3.8, 4) is 5.75 Å². The Hall–Kier alpha value is -1.86. The van der Waals surface area contributed by atoms with Crippen LogP contribution in [0.15, 0.2) is 46.0 Å². The summed E-state index contributed by atoms with van der Waals surface area (Å²) in [6, 6.07) is 8.83. The van der Waals surface area contributed by atoms with Crippen molar-refractivity contribution in [3.63, 3.8) is 0 Å². The smallest absolute Gasteiger partial charge is 0.348 e. The summed E-state index contributed by atoms with van der Waals surface area (Å²) in [5, 5.41) is 1.65. The fraction of sp³-hybridized carbons (Fsp3) is 0.154. The molecule has 0 amide bonds. The quantitative estimate of drug-likeness (QED) is 0.627. The molecule has 0 N–H and O–H groups in total. The number of carbonyl (C=O) groups excluding carboxylic acids is 1.